The number of Topliss-reactive ketones (excluding diaryl/α,β-unsaturated/α-hetero) is 1. The fourth-order valence-electron chi connectivity index (χ4n) is 4.01. The highest BCUT2D eigenvalue weighted by Gasteiger charge is 2.46. The first kappa shape index (κ1) is 27.4. The lowest BCUT2D eigenvalue weighted by Crippen LogP contribution is -2.33. The second-order valence-electron chi connectivity index (χ2n) is 8.13. The fraction of sp³-hybridized carbons (Fsp3) is 0.360. The molecule has 0 saturated carbocycles. The summed E-state index contributed by atoms with van der Waals surface area (Å²) in [6.45, 7) is 3.89. The van der Waals surface area contributed by atoms with Crippen molar-refractivity contribution in [1.82, 2.24) is 4.90 Å². The number of phenolic OH excluding ortho intramolecular Hbond substituents is 1. The molecule has 0 aliphatic carbocycles. The minimum absolute atomic E-state index is 0.00100. The molecule has 2 N–H and O–H groups in total. The Morgan fingerprint density at radius 2 is 1.72 bits per heavy atom. The lowest BCUT2D eigenvalue weighted by Gasteiger charge is -2.26. The molecule has 0 spiro atoms. The van der Waals surface area contributed by atoms with E-state index in [1.807, 2.05) is 13.8 Å². The van der Waals surface area contributed by atoms with Crippen LogP contribution in [0.3, 0.4) is 0 Å². The maximum Gasteiger partial charge on any atom is 0.295 e. The summed E-state index contributed by atoms with van der Waals surface area (Å²) in [7, 11) is 4.09. The molecule has 1 saturated heterocycles. The number of methoxy groups -OCH3 is 3. The topological polar surface area (TPSA) is 115 Å². The molecular formula is C25H27Cl2NO8. The van der Waals surface area contributed by atoms with Crippen LogP contribution in [-0.2, 0) is 14.3 Å². The van der Waals surface area contributed by atoms with E-state index in [0.717, 1.165) is 0 Å². The summed E-state index contributed by atoms with van der Waals surface area (Å²) in [5.41, 5.74) is 0.125. The van der Waals surface area contributed by atoms with Crippen LogP contribution in [0.4, 0.5) is 0 Å². The number of amides is 1. The molecular weight excluding hydrogens is 513 g/mol. The normalized spacial score (nSPS) is 17.1. The van der Waals surface area contributed by atoms with E-state index >= 15 is 0 Å². The van der Waals surface area contributed by atoms with Crippen molar-refractivity contribution in [3.63, 3.8) is 0 Å². The number of nitrogens with zero attached hydrogens (tertiary/aromatic N) is 1. The quantitative estimate of drug-likeness (QED) is 0.270. The molecule has 0 radical (unpaired) electrons. The van der Waals surface area contributed by atoms with E-state index < -0.39 is 23.5 Å². The fourth-order valence-corrected chi connectivity index (χ4v) is 4.70. The summed E-state index contributed by atoms with van der Waals surface area (Å²) < 4.78 is 21.3. The largest absolute Gasteiger partial charge is 0.507 e. The molecule has 3 rings (SSSR count). The Morgan fingerprint density at radius 3 is 2.28 bits per heavy atom. The van der Waals surface area contributed by atoms with E-state index in [1.54, 1.807) is 6.07 Å². The van der Waals surface area contributed by atoms with Crippen LogP contribution in [0.15, 0.2) is 29.8 Å². The average Bonchev–Trinajstić information content (AvgIpc) is 3.08. The van der Waals surface area contributed by atoms with Crippen molar-refractivity contribution in [2.75, 3.05) is 34.5 Å². The van der Waals surface area contributed by atoms with Gasteiger partial charge in [0.2, 0.25) is 0 Å². The number of aliphatic hydroxyl groups is 1. The molecule has 194 valence electrons. The molecule has 11 heteroatoms. The number of halogens is 2. The van der Waals surface area contributed by atoms with Crippen LogP contribution in [-0.4, -0.2) is 67.4 Å². The third-order valence-corrected chi connectivity index (χ3v) is 6.26. The second-order valence-corrected chi connectivity index (χ2v) is 8.91. The van der Waals surface area contributed by atoms with E-state index in [-0.39, 0.29) is 63.4 Å². The summed E-state index contributed by atoms with van der Waals surface area (Å²) in [6, 6.07) is 4.73. The van der Waals surface area contributed by atoms with Crippen LogP contribution < -0.4 is 14.2 Å². The maximum absolute atomic E-state index is 13.2. The van der Waals surface area contributed by atoms with Gasteiger partial charge in [-0.25, -0.2) is 0 Å². The number of carbonyl (C=O) groups excluding carboxylic acids is 2. The predicted octanol–water partition coefficient (Wildman–Crippen LogP) is 4.57. The Hall–Kier alpha value is -3.14. The van der Waals surface area contributed by atoms with Gasteiger partial charge in [-0.1, -0.05) is 29.3 Å². The first-order valence-corrected chi connectivity index (χ1v) is 11.7. The highest BCUT2D eigenvalue weighted by atomic mass is 35.5. The Balaban J connectivity index is 2.25. The summed E-state index contributed by atoms with van der Waals surface area (Å²) in [5.74, 6) is -2.20. The van der Waals surface area contributed by atoms with Crippen LogP contribution in [0.25, 0.3) is 5.76 Å². The predicted molar refractivity (Wildman–Crippen MR) is 134 cm³/mol. The number of phenols is 1. The molecule has 9 nitrogen and oxygen atoms in total. The van der Waals surface area contributed by atoms with Gasteiger partial charge in [-0.2, -0.15) is 0 Å². The monoisotopic (exact) mass is 539 g/mol. The number of rotatable bonds is 9. The van der Waals surface area contributed by atoms with Crippen molar-refractivity contribution in [2.45, 2.75) is 26.0 Å². The number of hydrogen-bond donors (Lipinski definition) is 2. The number of ether oxygens (including phenoxy) is 4. The van der Waals surface area contributed by atoms with Gasteiger partial charge in [-0.3, -0.25) is 9.59 Å². The van der Waals surface area contributed by atoms with Crippen LogP contribution in [0.2, 0.25) is 10.0 Å². The number of benzene rings is 2. The number of hydrogen-bond acceptors (Lipinski definition) is 8. The number of aromatic hydroxyl groups is 1. The van der Waals surface area contributed by atoms with Gasteiger partial charge >= 0.3 is 0 Å². The average molecular weight is 540 g/mol. The number of likely N-dealkylation sites (tertiary alicyclic amines) is 1. The van der Waals surface area contributed by atoms with Crippen LogP contribution >= 0.6 is 23.2 Å². The highest BCUT2D eigenvalue weighted by Crippen LogP contribution is 2.47. The molecule has 1 fully saturated rings. The first-order valence-electron chi connectivity index (χ1n) is 10.9. The first-order chi connectivity index (χ1) is 17.1. The van der Waals surface area contributed by atoms with Crippen molar-refractivity contribution in [1.29, 1.82) is 0 Å². The highest BCUT2D eigenvalue weighted by molar-refractivity contribution is 6.47. The van der Waals surface area contributed by atoms with Gasteiger partial charge < -0.3 is 34.1 Å². The summed E-state index contributed by atoms with van der Waals surface area (Å²) in [6.07, 6.45) is -0.0989. The smallest absolute Gasteiger partial charge is 0.295 e. The molecule has 1 aliphatic rings. The molecule has 1 heterocycles. The molecule has 1 aliphatic heterocycles. The Labute approximate surface area is 218 Å². The van der Waals surface area contributed by atoms with Gasteiger partial charge in [0.1, 0.15) is 10.8 Å². The summed E-state index contributed by atoms with van der Waals surface area (Å²) in [4.78, 5) is 27.6. The third kappa shape index (κ3) is 5.04. The minimum atomic E-state index is -1.05. The lowest BCUT2D eigenvalue weighted by atomic mass is 9.94. The third-order valence-electron chi connectivity index (χ3n) is 5.64. The van der Waals surface area contributed by atoms with Crippen LogP contribution in [0, 0.1) is 0 Å². The van der Waals surface area contributed by atoms with E-state index in [9.17, 15) is 19.8 Å². The van der Waals surface area contributed by atoms with Gasteiger partial charge in [0.25, 0.3) is 11.7 Å². The van der Waals surface area contributed by atoms with Gasteiger partial charge in [-0.05, 0) is 37.6 Å². The zero-order chi connectivity index (χ0) is 26.7. The minimum Gasteiger partial charge on any atom is -0.507 e. The van der Waals surface area contributed by atoms with Crippen molar-refractivity contribution in [2.24, 2.45) is 0 Å². The molecule has 1 unspecified atom stereocenters. The Bertz CT molecular complexity index is 1210. The van der Waals surface area contributed by atoms with E-state index in [0.29, 0.717) is 5.56 Å². The van der Waals surface area contributed by atoms with E-state index in [1.165, 1.54) is 44.4 Å². The second kappa shape index (κ2) is 11.3. The SMILES string of the molecule is COc1ccc(C2/C(=C(\O)c3cc(Cl)c(OC)c(Cl)c3OC)C(=O)C(=O)N2CCOC(C)C)cc1O. The zero-order valence-electron chi connectivity index (χ0n) is 20.4. The standard InChI is InChI=1S/C25H27Cl2NO8/c1-12(2)36-9-8-28-20(13-6-7-17(33-3)16(29)10-13)18(22(31)25(28)32)21(30)14-11-15(26)24(35-5)19(27)23(14)34-4/h6-7,10-12,20,29-30H,8-9H2,1-5H3/b21-18+. The molecule has 36 heavy (non-hydrogen) atoms. The Morgan fingerprint density at radius 1 is 1.06 bits per heavy atom. The number of ketones is 1. The van der Waals surface area contributed by atoms with Crippen molar-refractivity contribution in [3.8, 4) is 23.0 Å². The van der Waals surface area contributed by atoms with Crippen molar-refractivity contribution < 1.29 is 38.7 Å². The molecule has 2 aromatic rings. The van der Waals surface area contributed by atoms with Gasteiger partial charge in [0.05, 0.1) is 56.2 Å². The zero-order valence-corrected chi connectivity index (χ0v) is 21.9. The number of aliphatic hydroxyl groups excluding tert-OH is 1. The maximum atomic E-state index is 13.2. The van der Waals surface area contributed by atoms with E-state index in [4.69, 9.17) is 42.1 Å². The summed E-state index contributed by atoms with van der Waals surface area (Å²) >= 11 is 12.7. The molecule has 0 bridgehead atoms. The van der Waals surface area contributed by atoms with Crippen molar-refractivity contribution >= 4 is 40.7 Å². The Kier molecular flexibility index (Phi) is 8.60. The van der Waals surface area contributed by atoms with Crippen LogP contribution in [0.5, 0.6) is 23.0 Å². The summed E-state index contributed by atoms with van der Waals surface area (Å²) in [5, 5.41) is 21.8. The lowest BCUT2D eigenvalue weighted by molar-refractivity contribution is -0.140. The molecule has 0 aromatic heterocycles. The molecule has 2 aromatic carbocycles. The molecule has 1 amide bonds. The van der Waals surface area contributed by atoms with E-state index in [2.05, 4.69) is 0 Å². The number of carbonyl (C=O) groups is 2. The van der Waals surface area contributed by atoms with Crippen molar-refractivity contribution in [3.05, 3.63) is 51.0 Å². The van der Waals surface area contributed by atoms with Gasteiger partial charge in [0, 0.05) is 6.54 Å². The van der Waals surface area contributed by atoms with Gasteiger partial charge in [0.15, 0.2) is 23.0 Å². The van der Waals surface area contributed by atoms with Gasteiger partial charge in [-0.15, -0.1) is 0 Å². The van der Waals surface area contributed by atoms with Crippen LogP contribution in [0.1, 0.15) is 31.0 Å². The molecule has 1 atom stereocenters.